The van der Waals surface area contributed by atoms with Crippen molar-refractivity contribution in [2.24, 2.45) is 40.9 Å². The lowest BCUT2D eigenvalue weighted by atomic mass is 9.49. The molecular formula is C22H38O6S2. The Labute approximate surface area is 185 Å². The summed E-state index contributed by atoms with van der Waals surface area (Å²) in [5, 5.41) is 10.0. The lowest BCUT2D eigenvalue weighted by Gasteiger charge is -2.56. The minimum atomic E-state index is -4.16. The van der Waals surface area contributed by atoms with Crippen molar-refractivity contribution in [3.63, 3.8) is 0 Å². The summed E-state index contributed by atoms with van der Waals surface area (Å²) in [4.78, 5) is 12.8. The fourth-order valence-corrected chi connectivity index (χ4v) is 8.85. The van der Waals surface area contributed by atoms with E-state index in [1.807, 2.05) is 0 Å². The highest BCUT2D eigenvalue weighted by molar-refractivity contribution is 8.70. The Morgan fingerprint density at radius 2 is 1.70 bits per heavy atom. The van der Waals surface area contributed by atoms with E-state index in [0.29, 0.717) is 28.5 Å². The van der Waals surface area contributed by atoms with Crippen LogP contribution < -0.4 is 0 Å². The number of ether oxygens (including phenoxy) is 1. The van der Waals surface area contributed by atoms with Crippen molar-refractivity contribution in [3.05, 3.63) is 0 Å². The molecule has 4 aliphatic rings. The first-order chi connectivity index (χ1) is 14.1. The summed E-state index contributed by atoms with van der Waals surface area (Å²) in [7, 11) is -0.550. The monoisotopic (exact) mass is 462 g/mol. The average molecular weight is 463 g/mol. The Morgan fingerprint density at radius 3 is 2.37 bits per heavy atom. The van der Waals surface area contributed by atoms with Gasteiger partial charge in [0.05, 0.1) is 11.9 Å². The molecule has 0 saturated heterocycles. The Kier molecular flexibility index (Phi) is 7.98. The third-order valence-corrected chi connectivity index (χ3v) is 10.6. The second-order valence-electron chi connectivity index (χ2n) is 10.1. The van der Waals surface area contributed by atoms with Gasteiger partial charge in [0, 0.05) is 30.9 Å². The first kappa shape index (κ1) is 24.5. The van der Waals surface area contributed by atoms with Crippen molar-refractivity contribution in [1.29, 1.82) is 0 Å². The molecule has 0 spiro atoms. The van der Waals surface area contributed by atoms with Crippen molar-refractivity contribution in [1.82, 2.24) is 0 Å². The zero-order chi connectivity index (χ0) is 22.1. The first-order valence-electron chi connectivity index (χ1n) is 11.3. The third kappa shape index (κ3) is 5.08. The summed E-state index contributed by atoms with van der Waals surface area (Å²) in [6, 6.07) is 0. The van der Waals surface area contributed by atoms with Crippen molar-refractivity contribution < 1.29 is 27.6 Å². The molecule has 174 valence electrons. The van der Waals surface area contributed by atoms with Crippen LogP contribution in [0.1, 0.15) is 64.7 Å². The molecule has 4 rings (SSSR count). The van der Waals surface area contributed by atoms with Crippen LogP contribution in [-0.2, 0) is 18.7 Å². The Hall–Kier alpha value is -0.150. The Morgan fingerprint density at radius 1 is 1.03 bits per heavy atom. The van der Waals surface area contributed by atoms with Crippen molar-refractivity contribution >= 4 is 25.7 Å². The second-order valence-corrected chi connectivity index (χ2v) is 13.5. The molecule has 2 N–H and O–H groups in total. The van der Waals surface area contributed by atoms with E-state index in [9.17, 15) is 18.3 Å². The summed E-state index contributed by atoms with van der Waals surface area (Å²) in [5.41, 5.74) is -0.0148. The maximum Gasteiger partial charge on any atom is 0.320 e. The minimum Gasteiger partial charge on any atom is -0.393 e. The lowest BCUT2D eigenvalue weighted by molar-refractivity contribution is -0.128. The van der Waals surface area contributed by atoms with Gasteiger partial charge in [-0.05, 0) is 92.8 Å². The summed E-state index contributed by atoms with van der Waals surface area (Å²) in [5.74, 6) is 3.23. The van der Waals surface area contributed by atoms with E-state index in [2.05, 4.69) is 11.7 Å². The van der Waals surface area contributed by atoms with Crippen LogP contribution in [0.5, 0.6) is 0 Å². The first-order valence-corrected chi connectivity index (χ1v) is 14.3. The largest absolute Gasteiger partial charge is 0.393 e. The number of fused-ring (bicyclic) bond motifs is 5. The molecule has 0 aromatic rings. The van der Waals surface area contributed by atoms with Crippen LogP contribution in [0.3, 0.4) is 0 Å². The highest BCUT2D eigenvalue weighted by Gasteiger charge is 2.58. The maximum absolute atomic E-state index is 12.8. The van der Waals surface area contributed by atoms with Gasteiger partial charge in [-0.25, -0.2) is 0 Å². The lowest BCUT2D eigenvalue weighted by Crippen LogP contribution is -2.49. The van der Waals surface area contributed by atoms with Gasteiger partial charge in [0.2, 0.25) is 0 Å². The van der Waals surface area contributed by atoms with Gasteiger partial charge in [-0.1, -0.05) is 6.92 Å². The van der Waals surface area contributed by atoms with Crippen LogP contribution >= 0.6 is 10.8 Å². The molecule has 8 heteroatoms. The van der Waals surface area contributed by atoms with Crippen LogP contribution in [0, 0.1) is 40.9 Å². The molecule has 0 aromatic carbocycles. The average Bonchev–Trinajstić information content (AvgIpc) is 3.03. The molecule has 0 bridgehead atoms. The van der Waals surface area contributed by atoms with Gasteiger partial charge in [0.15, 0.2) is 0 Å². The molecule has 4 saturated carbocycles. The molecule has 4 fully saturated rings. The molecular weight excluding hydrogens is 424 g/mol. The van der Waals surface area contributed by atoms with Crippen LogP contribution in [-0.4, -0.2) is 49.9 Å². The smallest absolute Gasteiger partial charge is 0.320 e. The van der Waals surface area contributed by atoms with E-state index in [4.69, 9.17) is 4.55 Å². The summed E-state index contributed by atoms with van der Waals surface area (Å²) in [6.07, 6.45) is 9.57. The predicted octanol–water partition coefficient (Wildman–Crippen LogP) is 3.98. The fourth-order valence-electron chi connectivity index (χ4n) is 7.59. The molecule has 8 atom stereocenters. The molecule has 6 nitrogen and oxygen atoms in total. The van der Waals surface area contributed by atoms with E-state index in [1.54, 1.807) is 14.2 Å². The zero-order valence-corrected chi connectivity index (χ0v) is 20.1. The number of hydrogen-bond acceptors (Lipinski definition) is 6. The molecule has 0 aliphatic heterocycles. The van der Waals surface area contributed by atoms with E-state index in [1.165, 1.54) is 19.3 Å². The van der Waals surface area contributed by atoms with E-state index in [-0.39, 0.29) is 29.0 Å². The fraction of sp³-hybridized carbons (Fsp3) is 0.955. The summed E-state index contributed by atoms with van der Waals surface area (Å²) >= 11 is 0. The van der Waals surface area contributed by atoms with Gasteiger partial charge in [0.1, 0.15) is 5.78 Å². The van der Waals surface area contributed by atoms with Gasteiger partial charge in [0.25, 0.3) is 0 Å². The molecule has 0 aromatic heterocycles. The number of hydrogen-bond donors (Lipinski definition) is 2. The second kappa shape index (κ2) is 9.77. The summed E-state index contributed by atoms with van der Waals surface area (Å²) < 4.78 is 35.2. The van der Waals surface area contributed by atoms with Crippen LogP contribution in [0.2, 0.25) is 0 Å². The molecule has 30 heavy (non-hydrogen) atoms. The Bertz CT molecular complexity index is 710. The van der Waals surface area contributed by atoms with Crippen LogP contribution in [0.25, 0.3) is 0 Å². The number of aliphatic hydroxyl groups excluding tert-OH is 1. The normalized spacial score (nSPS) is 42.9. The van der Waals surface area contributed by atoms with Gasteiger partial charge >= 0.3 is 9.15 Å². The van der Waals surface area contributed by atoms with Crippen molar-refractivity contribution in [3.8, 4) is 0 Å². The molecule has 0 radical (unpaired) electrons. The molecule has 0 heterocycles. The topological polar surface area (TPSA) is 101 Å². The van der Waals surface area contributed by atoms with E-state index in [0.717, 1.165) is 50.4 Å². The van der Waals surface area contributed by atoms with Gasteiger partial charge in [-0.15, -0.1) is 0 Å². The number of rotatable bonds is 4. The molecule has 8 unspecified atom stereocenters. The predicted molar refractivity (Wildman–Crippen MR) is 119 cm³/mol. The van der Waals surface area contributed by atoms with Gasteiger partial charge in [-0.2, -0.15) is 8.42 Å². The number of carbonyl (C=O) groups is 1. The zero-order valence-electron chi connectivity index (χ0n) is 18.5. The highest BCUT2D eigenvalue weighted by Crippen LogP contribution is 2.64. The van der Waals surface area contributed by atoms with Crippen LogP contribution in [0.4, 0.5) is 0 Å². The number of aliphatic hydroxyl groups is 1. The third-order valence-electron chi connectivity index (χ3n) is 8.67. The maximum atomic E-state index is 12.8. The van der Waals surface area contributed by atoms with E-state index < -0.39 is 9.15 Å². The van der Waals surface area contributed by atoms with Crippen LogP contribution in [0.15, 0.2) is 0 Å². The van der Waals surface area contributed by atoms with E-state index >= 15 is 0 Å². The van der Waals surface area contributed by atoms with Gasteiger partial charge < -0.3 is 9.84 Å². The van der Waals surface area contributed by atoms with Crippen molar-refractivity contribution in [2.45, 2.75) is 70.8 Å². The molecule has 0 amide bonds. The number of methoxy groups -OCH3 is 1. The van der Waals surface area contributed by atoms with Crippen molar-refractivity contribution in [2.75, 3.05) is 20.0 Å². The van der Waals surface area contributed by atoms with Gasteiger partial charge in [-0.3, -0.25) is 9.35 Å². The standard InChI is InChI=1S/C20H32O5S2.C2H6O/c1-20-9-8-15-14-5-3-13(21)10-12(14)2-4-16(15)17(20)6-7-18(20)19(22)11-26-27(23,24)25;1-3-2/h12-18,21H,2-11H2,1H3,(H,23,24,25);1-2H3. The quantitative estimate of drug-likeness (QED) is 0.481. The summed E-state index contributed by atoms with van der Waals surface area (Å²) in [6.45, 7) is 2.26. The number of ketones is 1. The number of carbonyl (C=O) groups excluding carboxylic acids is 1. The minimum absolute atomic E-state index is 0.00412. The molecule has 4 aliphatic carbocycles. The number of Topliss-reactive ketones (excluding diaryl/α,β-unsaturated/α-hetero) is 1. The SMILES string of the molecule is CC12CCC3C4CCC(O)CC4CCC3C1CCC2C(=O)CSS(=O)(=O)O.COC. The Balaban J connectivity index is 0.000000806. The highest BCUT2D eigenvalue weighted by atomic mass is 33.1.